The van der Waals surface area contributed by atoms with E-state index >= 15 is 0 Å². The summed E-state index contributed by atoms with van der Waals surface area (Å²) < 4.78 is 39.4. The van der Waals surface area contributed by atoms with Gasteiger partial charge in [0.05, 0.1) is 10.3 Å². The maximum absolute atomic E-state index is 13.2. The van der Waals surface area contributed by atoms with E-state index in [2.05, 4.69) is 4.72 Å². The van der Waals surface area contributed by atoms with Gasteiger partial charge in [-0.05, 0) is 69.5 Å². The van der Waals surface area contributed by atoms with Crippen LogP contribution in [0.3, 0.4) is 0 Å². The molecule has 2 aromatic carbocycles. The minimum Gasteiger partial charge on any atom is -0.425 e. The molecule has 33 heavy (non-hydrogen) atoms. The lowest BCUT2D eigenvalue weighted by Gasteiger charge is -2.19. The van der Waals surface area contributed by atoms with Crippen LogP contribution in [0.1, 0.15) is 48.4 Å². The Bertz CT molecular complexity index is 1340. The predicted molar refractivity (Wildman–Crippen MR) is 127 cm³/mol. The summed E-state index contributed by atoms with van der Waals surface area (Å²) in [5, 5.41) is 0.515. The highest BCUT2D eigenvalue weighted by Crippen LogP contribution is 2.31. The number of fused-ring (bicyclic) bond motifs is 1. The summed E-state index contributed by atoms with van der Waals surface area (Å²) in [4.78, 5) is 25.3. The van der Waals surface area contributed by atoms with Gasteiger partial charge in [0.2, 0.25) is 10.0 Å². The van der Waals surface area contributed by atoms with Gasteiger partial charge in [0.25, 0.3) is 0 Å². The smallest absolute Gasteiger partial charge is 0.339 e. The zero-order valence-electron chi connectivity index (χ0n) is 19.5. The molecule has 0 bridgehead atoms. The lowest BCUT2D eigenvalue weighted by atomic mass is 10.0. The molecule has 1 aromatic heterocycles. The van der Waals surface area contributed by atoms with Crippen molar-refractivity contribution < 1.29 is 22.4 Å². The average molecular weight is 472 g/mol. The second kappa shape index (κ2) is 9.89. The number of carbonyl (C=O) groups is 1. The maximum atomic E-state index is 13.2. The molecule has 1 heterocycles. The minimum absolute atomic E-state index is 0.0802. The summed E-state index contributed by atoms with van der Waals surface area (Å²) in [5.41, 5.74) is 2.60. The number of hydrogen-bond acceptors (Lipinski definition) is 6. The first-order valence-electron chi connectivity index (χ1n) is 10.9. The Hall–Kier alpha value is -2.97. The number of esters is 1. The number of carbonyl (C=O) groups excluding carboxylic acids is 1. The minimum atomic E-state index is -3.93. The number of nitrogens with one attached hydrogen (secondary N) is 1. The van der Waals surface area contributed by atoms with Gasteiger partial charge in [-0.2, -0.15) is 4.72 Å². The van der Waals surface area contributed by atoms with Crippen LogP contribution < -0.4 is 15.1 Å². The molecule has 1 N–H and O–H groups in total. The number of ether oxygens (including phenoxy) is 1. The van der Waals surface area contributed by atoms with Crippen molar-refractivity contribution in [2.24, 2.45) is 0 Å². The van der Waals surface area contributed by atoms with Crippen LogP contribution in [0.4, 0.5) is 0 Å². The molecule has 0 spiro atoms. The predicted octanol–water partition coefficient (Wildman–Crippen LogP) is 4.47. The summed E-state index contributed by atoms with van der Waals surface area (Å²) in [6.45, 7) is 9.02. The van der Waals surface area contributed by atoms with Crippen molar-refractivity contribution in [2.75, 3.05) is 0 Å². The van der Waals surface area contributed by atoms with Gasteiger partial charge in [-0.25, -0.2) is 18.0 Å². The normalized spacial score (nSPS) is 12.6. The monoisotopic (exact) mass is 471 g/mol. The molecule has 0 amide bonds. The Balaban J connectivity index is 1.97. The van der Waals surface area contributed by atoms with Gasteiger partial charge >= 0.3 is 11.6 Å². The van der Waals surface area contributed by atoms with Crippen LogP contribution in [0.25, 0.3) is 11.0 Å². The molecule has 3 rings (SSSR count). The molecule has 0 unspecified atom stereocenters. The second-order valence-electron chi connectivity index (χ2n) is 8.33. The highest BCUT2D eigenvalue weighted by Gasteiger charge is 2.28. The number of rotatable bonds is 8. The van der Waals surface area contributed by atoms with Crippen LogP contribution in [0.5, 0.6) is 5.75 Å². The second-order valence-corrected chi connectivity index (χ2v) is 10.0. The molecule has 0 fully saturated rings. The molecular formula is C25H29NO6S. The van der Waals surface area contributed by atoms with E-state index in [1.807, 2.05) is 13.8 Å². The zero-order valence-corrected chi connectivity index (χ0v) is 20.3. The topological polar surface area (TPSA) is 103 Å². The Morgan fingerprint density at radius 1 is 1.03 bits per heavy atom. The number of benzene rings is 2. The average Bonchev–Trinajstić information content (AvgIpc) is 2.74. The van der Waals surface area contributed by atoms with E-state index in [1.54, 1.807) is 45.0 Å². The molecule has 8 heteroatoms. The first-order chi connectivity index (χ1) is 15.5. The first-order valence-corrected chi connectivity index (χ1v) is 12.4. The van der Waals surface area contributed by atoms with Gasteiger partial charge in [-0.15, -0.1) is 0 Å². The number of aryl methyl sites for hydroxylation is 3. The van der Waals surface area contributed by atoms with Crippen LogP contribution in [-0.4, -0.2) is 20.4 Å². The lowest BCUT2D eigenvalue weighted by Crippen LogP contribution is -2.43. The van der Waals surface area contributed by atoms with Gasteiger partial charge in [0.15, 0.2) is 0 Å². The van der Waals surface area contributed by atoms with Crippen molar-refractivity contribution in [1.29, 1.82) is 0 Å². The van der Waals surface area contributed by atoms with E-state index in [9.17, 15) is 18.0 Å². The molecular weight excluding hydrogens is 442 g/mol. The third-order valence-corrected chi connectivity index (χ3v) is 7.11. The summed E-state index contributed by atoms with van der Waals surface area (Å²) >= 11 is 0. The Kier molecular flexibility index (Phi) is 7.39. The number of unbranched alkanes of at least 4 members (excludes halogenated alkanes) is 1. The highest BCUT2D eigenvalue weighted by molar-refractivity contribution is 7.89. The fourth-order valence-corrected chi connectivity index (χ4v) is 4.77. The van der Waals surface area contributed by atoms with Gasteiger partial charge in [0, 0.05) is 5.56 Å². The van der Waals surface area contributed by atoms with Gasteiger partial charge < -0.3 is 9.15 Å². The first kappa shape index (κ1) is 24.7. The third kappa shape index (κ3) is 5.51. The third-order valence-electron chi connectivity index (χ3n) is 5.63. The Morgan fingerprint density at radius 3 is 2.33 bits per heavy atom. The van der Waals surface area contributed by atoms with Crippen molar-refractivity contribution in [3.05, 3.63) is 69.1 Å². The SMILES string of the molecule is CCCC[C@@H](NS(=O)(=O)c1ccc(C)cc1)C(=O)Oc1cc(C)cc2oc(=O)c(C)c(C)c12. The van der Waals surface area contributed by atoms with Crippen molar-refractivity contribution in [3.8, 4) is 5.75 Å². The fraction of sp³-hybridized carbons (Fsp3) is 0.360. The molecule has 3 aromatic rings. The molecule has 0 aliphatic heterocycles. The molecule has 0 radical (unpaired) electrons. The van der Waals surface area contributed by atoms with E-state index in [4.69, 9.17) is 9.15 Å². The molecule has 7 nitrogen and oxygen atoms in total. The van der Waals surface area contributed by atoms with Crippen molar-refractivity contribution in [2.45, 2.75) is 64.8 Å². The van der Waals surface area contributed by atoms with E-state index < -0.39 is 27.7 Å². The van der Waals surface area contributed by atoms with Crippen molar-refractivity contribution >= 4 is 27.0 Å². The Morgan fingerprint density at radius 2 is 1.70 bits per heavy atom. The van der Waals surface area contributed by atoms with Crippen molar-refractivity contribution in [3.63, 3.8) is 0 Å². The van der Waals surface area contributed by atoms with E-state index in [0.29, 0.717) is 28.5 Å². The number of sulfonamides is 1. The zero-order chi connectivity index (χ0) is 24.3. The molecule has 1 atom stereocenters. The largest absolute Gasteiger partial charge is 0.425 e. The molecule has 0 saturated heterocycles. The van der Waals surface area contributed by atoms with Crippen LogP contribution in [0, 0.1) is 27.7 Å². The fourth-order valence-electron chi connectivity index (χ4n) is 3.55. The van der Waals surface area contributed by atoms with Crippen LogP contribution in [0.2, 0.25) is 0 Å². The Labute approximate surface area is 193 Å². The number of hydrogen-bond donors (Lipinski definition) is 1. The standard InChI is InChI=1S/C25H29NO6S/c1-6-7-8-20(26-33(29,30)19-11-9-15(2)10-12-19)25(28)32-22-14-16(3)13-21-23(22)17(4)18(5)24(27)31-21/h9-14,20,26H,6-8H2,1-5H3/t20-/m1/s1. The summed E-state index contributed by atoms with van der Waals surface area (Å²) in [6.07, 6.45) is 1.71. The maximum Gasteiger partial charge on any atom is 0.339 e. The van der Waals surface area contributed by atoms with Gasteiger partial charge in [-0.3, -0.25) is 0 Å². The van der Waals surface area contributed by atoms with Crippen LogP contribution in [-0.2, 0) is 14.8 Å². The van der Waals surface area contributed by atoms with Crippen LogP contribution >= 0.6 is 0 Å². The van der Waals surface area contributed by atoms with Crippen molar-refractivity contribution in [1.82, 2.24) is 4.72 Å². The molecule has 176 valence electrons. The highest BCUT2D eigenvalue weighted by atomic mass is 32.2. The van der Waals surface area contributed by atoms with Gasteiger partial charge in [0.1, 0.15) is 17.4 Å². The quantitative estimate of drug-likeness (QED) is 0.295. The van der Waals surface area contributed by atoms with Gasteiger partial charge in [-0.1, -0.05) is 37.5 Å². The summed E-state index contributed by atoms with van der Waals surface area (Å²) in [5.74, 6) is -0.482. The van der Waals surface area contributed by atoms with E-state index in [1.165, 1.54) is 12.1 Å². The lowest BCUT2D eigenvalue weighted by molar-refractivity contribution is -0.136. The van der Waals surface area contributed by atoms with E-state index in [-0.39, 0.29) is 17.1 Å². The van der Waals surface area contributed by atoms with Crippen LogP contribution in [0.15, 0.2) is 50.5 Å². The summed E-state index contributed by atoms with van der Waals surface area (Å²) in [6, 6.07) is 8.72. The molecule has 0 saturated carbocycles. The molecule has 0 aliphatic rings. The van der Waals surface area contributed by atoms with E-state index in [0.717, 1.165) is 17.5 Å². The summed E-state index contributed by atoms with van der Waals surface area (Å²) in [7, 11) is -3.93. The molecule has 0 aliphatic carbocycles.